The molecule has 1 aromatic rings. The Balaban J connectivity index is 2.29. The van der Waals surface area contributed by atoms with E-state index in [9.17, 15) is 4.79 Å². The molecule has 1 aromatic carbocycles. The molecule has 2 rings (SSSR count). The second kappa shape index (κ2) is 6.11. The fourth-order valence-corrected chi connectivity index (χ4v) is 2.63. The zero-order valence-corrected chi connectivity index (χ0v) is 12.3. The number of carbonyl (C=O) groups excluding carboxylic acids is 1. The molecule has 1 aliphatic heterocycles. The van der Waals surface area contributed by atoms with Crippen molar-refractivity contribution in [3.8, 4) is 11.8 Å². The fourth-order valence-electron chi connectivity index (χ4n) is 2.63. The van der Waals surface area contributed by atoms with Gasteiger partial charge in [0.15, 0.2) is 5.60 Å². The number of rotatable bonds is 1. The van der Waals surface area contributed by atoms with Crippen molar-refractivity contribution in [1.29, 1.82) is 0 Å². The van der Waals surface area contributed by atoms with Crippen LogP contribution in [0.5, 0.6) is 0 Å². The summed E-state index contributed by atoms with van der Waals surface area (Å²) in [6.07, 6.45) is 0.754. The maximum absolute atomic E-state index is 11.5. The van der Waals surface area contributed by atoms with Gasteiger partial charge in [0.25, 0.3) is 0 Å². The van der Waals surface area contributed by atoms with Gasteiger partial charge in [0, 0.05) is 37.9 Å². The van der Waals surface area contributed by atoms with Crippen molar-refractivity contribution in [2.45, 2.75) is 25.9 Å². The highest BCUT2D eigenvalue weighted by molar-refractivity contribution is 5.67. The van der Waals surface area contributed by atoms with E-state index in [1.807, 2.05) is 30.3 Å². The Kier molecular flexibility index (Phi) is 4.46. The maximum atomic E-state index is 11.5. The average Bonchev–Trinajstić information content (AvgIpc) is 2.41. The third kappa shape index (κ3) is 3.40. The van der Waals surface area contributed by atoms with Gasteiger partial charge in [-0.25, -0.2) is 0 Å². The minimum absolute atomic E-state index is 0.196. The van der Waals surface area contributed by atoms with Crippen LogP contribution in [-0.2, 0) is 9.53 Å². The van der Waals surface area contributed by atoms with Crippen molar-refractivity contribution in [1.82, 2.24) is 4.90 Å². The van der Waals surface area contributed by atoms with Crippen molar-refractivity contribution in [2.24, 2.45) is 5.92 Å². The first-order valence-electron chi connectivity index (χ1n) is 6.98. The Bertz CT molecular complexity index is 529. The van der Waals surface area contributed by atoms with E-state index < -0.39 is 5.60 Å². The van der Waals surface area contributed by atoms with Crippen LogP contribution in [0, 0.1) is 17.8 Å². The Labute approximate surface area is 120 Å². The highest BCUT2D eigenvalue weighted by atomic mass is 16.6. The van der Waals surface area contributed by atoms with Crippen molar-refractivity contribution < 1.29 is 9.53 Å². The van der Waals surface area contributed by atoms with Crippen LogP contribution in [0.4, 0.5) is 0 Å². The molecule has 0 bridgehead atoms. The molecule has 3 heteroatoms. The van der Waals surface area contributed by atoms with E-state index in [-0.39, 0.29) is 11.9 Å². The summed E-state index contributed by atoms with van der Waals surface area (Å²) in [5.74, 6) is 6.33. The quantitative estimate of drug-likeness (QED) is 0.580. The van der Waals surface area contributed by atoms with Gasteiger partial charge in [-0.1, -0.05) is 31.0 Å². The summed E-state index contributed by atoms with van der Waals surface area (Å²) in [5.41, 5.74) is 0.291. The number of likely N-dealkylation sites (tertiary alicyclic amines) is 1. The van der Waals surface area contributed by atoms with E-state index in [0.29, 0.717) is 0 Å². The zero-order valence-electron chi connectivity index (χ0n) is 12.3. The van der Waals surface area contributed by atoms with Crippen LogP contribution in [0.15, 0.2) is 30.3 Å². The molecule has 0 aromatic heterocycles. The molecular weight excluding hydrogens is 250 g/mol. The Hall–Kier alpha value is -1.79. The topological polar surface area (TPSA) is 29.5 Å². The summed E-state index contributed by atoms with van der Waals surface area (Å²) >= 11 is 0. The van der Waals surface area contributed by atoms with Crippen molar-refractivity contribution in [3.05, 3.63) is 35.9 Å². The van der Waals surface area contributed by atoms with E-state index in [2.05, 4.69) is 30.7 Å². The summed E-state index contributed by atoms with van der Waals surface area (Å²) in [6.45, 7) is 5.33. The van der Waals surface area contributed by atoms with Gasteiger partial charge in [-0.05, 0) is 25.1 Å². The molecule has 0 N–H and O–H groups in total. The van der Waals surface area contributed by atoms with Crippen LogP contribution >= 0.6 is 0 Å². The van der Waals surface area contributed by atoms with Gasteiger partial charge in [0.05, 0.1) is 0 Å². The van der Waals surface area contributed by atoms with E-state index in [0.717, 1.165) is 25.1 Å². The number of ether oxygens (including phenoxy) is 1. The fraction of sp³-hybridized carbons (Fsp3) is 0.471. The summed E-state index contributed by atoms with van der Waals surface area (Å²) in [5, 5.41) is 0. The normalized spacial score (nSPS) is 26.4. The van der Waals surface area contributed by atoms with Crippen LogP contribution in [0.2, 0.25) is 0 Å². The lowest BCUT2D eigenvalue weighted by molar-refractivity contribution is -0.159. The molecule has 20 heavy (non-hydrogen) atoms. The number of esters is 1. The largest absolute Gasteiger partial charge is 0.446 e. The van der Waals surface area contributed by atoms with Crippen LogP contribution in [0.3, 0.4) is 0 Å². The van der Waals surface area contributed by atoms with Crippen molar-refractivity contribution >= 4 is 5.97 Å². The van der Waals surface area contributed by atoms with Gasteiger partial charge in [-0.3, -0.25) is 4.79 Å². The first-order chi connectivity index (χ1) is 9.52. The summed E-state index contributed by atoms with van der Waals surface area (Å²) in [7, 11) is 2.08. The molecule has 0 amide bonds. The predicted molar refractivity (Wildman–Crippen MR) is 79.1 cm³/mol. The monoisotopic (exact) mass is 271 g/mol. The van der Waals surface area contributed by atoms with Crippen LogP contribution in [0.1, 0.15) is 25.8 Å². The molecule has 3 nitrogen and oxygen atoms in total. The molecule has 2 atom stereocenters. The second-order valence-corrected chi connectivity index (χ2v) is 5.51. The third-order valence-electron chi connectivity index (χ3n) is 3.76. The van der Waals surface area contributed by atoms with Gasteiger partial charge in [-0.2, -0.15) is 0 Å². The lowest BCUT2D eigenvalue weighted by atomic mass is 9.82. The minimum Gasteiger partial charge on any atom is -0.446 e. The Morgan fingerprint density at radius 2 is 2.10 bits per heavy atom. The molecule has 106 valence electrons. The predicted octanol–water partition coefficient (Wildman–Crippen LogP) is 2.31. The average molecular weight is 271 g/mol. The summed E-state index contributed by atoms with van der Waals surface area (Å²) < 4.78 is 5.62. The lowest BCUT2D eigenvalue weighted by Crippen LogP contribution is -2.51. The van der Waals surface area contributed by atoms with Crippen LogP contribution < -0.4 is 0 Å². The number of hydrogen-bond donors (Lipinski definition) is 0. The van der Waals surface area contributed by atoms with Gasteiger partial charge in [0.1, 0.15) is 0 Å². The van der Waals surface area contributed by atoms with Crippen molar-refractivity contribution in [2.75, 3.05) is 20.1 Å². The number of hydrogen-bond acceptors (Lipinski definition) is 3. The highest BCUT2D eigenvalue weighted by Gasteiger charge is 2.41. The summed E-state index contributed by atoms with van der Waals surface area (Å²) in [4.78, 5) is 13.7. The Morgan fingerprint density at radius 3 is 2.70 bits per heavy atom. The minimum atomic E-state index is -0.659. The van der Waals surface area contributed by atoms with Gasteiger partial charge in [-0.15, -0.1) is 0 Å². The summed E-state index contributed by atoms with van der Waals surface area (Å²) in [6, 6.07) is 9.81. The number of piperidine rings is 1. The van der Waals surface area contributed by atoms with E-state index in [4.69, 9.17) is 4.74 Å². The molecule has 1 saturated heterocycles. The standard InChI is InChI=1S/C17H21NO2/c1-14-13-18(3)12-11-17(14,20-15(2)19)10-9-16-7-5-4-6-8-16/h4-8,14H,11-13H2,1-3H3/t14-,17-/m0/s1. The van der Waals surface area contributed by atoms with E-state index in [1.165, 1.54) is 6.92 Å². The molecule has 0 saturated carbocycles. The third-order valence-corrected chi connectivity index (χ3v) is 3.76. The first-order valence-corrected chi connectivity index (χ1v) is 6.98. The molecule has 1 heterocycles. The molecular formula is C17H21NO2. The van der Waals surface area contributed by atoms with Crippen LogP contribution in [0.25, 0.3) is 0 Å². The van der Waals surface area contributed by atoms with E-state index >= 15 is 0 Å². The highest BCUT2D eigenvalue weighted by Crippen LogP contribution is 2.31. The molecule has 1 aliphatic rings. The molecule has 1 fully saturated rings. The molecule has 0 spiro atoms. The maximum Gasteiger partial charge on any atom is 0.304 e. The van der Waals surface area contributed by atoms with Crippen LogP contribution in [-0.4, -0.2) is 36.6 Å². The molecule has 0 unspecified atom stereocenters. The molecule has 0 aliphatic carbocycles. The van der Waals surface area contributed by atoms with Crippen molar-refractivity contribution in [3.63, 3.8) is 0 Å². The van der Waals surface area contributed by atoms with Gasteiger partial charge < -0.3 is 9.64 Å². The lowest BCUT2D eigenvalue weighted by Gasteiger charge is -2.41. The Morgan fingerprint density at radius 1 is 1.40 bits per heavy atom. The number of carbonyl (C=O) groups is 1. The van der Waals surface area contributed by atoms with Gasteiger partial charge >= 0.3 is 5.97 Å². The smallest absolute Gasteiger partial charge is 0.304 e. The molecule has 0 radical (unpaired) electrons. The van der Waals surface area contributed by atoms with Gasteiger partial charge in [0.2, 0.25) is 0 Å². The number of nitrogens with zero attached hydrogens (tertiary/aromatic N) is 1. The number of benzene rings is 1. The zero-order chi connectivity index (χ0) is 14.6. The van der Waals surface area contributed by atoms with E-state index in [1.54, 1.807) is 0 Å². The SMILES string of the molecule is CC(=O)O[C@@]1(C#Cc2ccccc2)CCN(C)C[C@@H]1C. The first kappa shape index (κ1) is 14.6. The second-order valence-electron chi connectivity index (χ2n) is 5.51.